The van der Waals surface area contributed by atoms with Gasteiger partial charge in [0, 0.05) is 5.56 Å². The Kier molecular flexibility index (Phi) is 4.32. The van der Waals surface area contributed by atoms with Crippen LogP contribution in [-0.4, -0.2) is 20.5 Å². The molecule has 0 bridgehead atoms. The van der Waals surface area contributed by atoms with Crippen molar-refractivity contribution in [1.82, 2.24) is 0 Å². The van der Waals surface area contributed by atoms with E-state index in [9.17, 15) is 0 Å². The van der Waals surface area contributed by atoms with Crippen LogP contribution in [0.25, 0.3) is 0 Å². The summed E-state index contributed by atoms with van der Waals surface area (Å²) < 4.78 is 10.5. The fraction of sp³-hybridized carbons (Fsp3) is 0.364. The number of rotatable bonds is 4. The average molecular weight is 223 g/mol. The maximum Gasteiger partial charge on any atom is 0.136 e. The Hall–Kier alpha value is -1.34. The summed E-state index contributed by atoms with van der Waals surface area (Å²) in [5.74, 6) is 1.52. The summed E-state index contributed by atoms with van der Waals surface area (Å²) in [7, 11) is 3.23. The largest absolute Gasteiger partial charge is 0.497 e. The zero-order valence-electron chi connectivity index (χ0n) is 9.03. The minimum Gasteiger partial charge on any atom is -0.497 e. The van der Waals surface area contributed by atoms with Gasteiger partial charge in [-0.25, -0.2) is 0 Å². The van der Waals surface area contributed by atoms with E-state index in [-0.39, 0.29) is 0 Å². The number of ether oxygens (including phenoxy) is 2. The number of benzene rings is 1. The van der Waals surface area contributed by atoms with E-state index in [1.54, 1.807) is 26.0 Å². The van der Waals surface area contributed by atoms with E-state index in [1.807, 2.05) is 18.4 Å². The summed E-state index contributed by atoms with van der Waals surface area (Å²) >= 11 is 1.58. The van der Waals surface area contributed by atoms with Crippen molar-refractivity contribution in [2.75, 3.05) is 20.5 Å². The predicted molar refractivity (Wildman–Crippen MR) is 60.6 cm³/mol. The second-order valence-electron chi connectivity index (χ2n) is 2.86. The summed E-state index contributed by atoms with van der Waals surface area (Å²) in [6.45, 7) is 0. The highest BCUT2D eigenvalue weighted by molar-refractivity contribution is 7.98. The van der Waals surface area contributed by atoms with Gasteiger partial charge in [-0.3, -0.25) is 0 Å². The molecule has 1 aromatic carbocycles. The number of hydrogen-bond acceptors (Lipinski definition) is 4. The molecule has 4 heteroatoms. The molecular weight excluding hydrogens is 210 g/mol. The molecule has 0 fully saturated rings. The van der Waals surface area contributed by atoms with E-state index in [0.29, 0.717) is 6.42 Å². The van der Waals surface area contributed by atoms with E-state index in [1.165, 1.54) is 0 Å². The Balaban J connectivity index is 3.27. The molecule has 0 aliphatic rings. The number of nitrogens with zero attached hydrogens (tertiary/aromatic N) is 1. The van der Waals surface area contributed by atoms with Gasteiger partial charge in [0.1, 0.15) is 11.5 Å². The lowest BCUT2D eigenvalue weighted by Gasteiger charge is -2.12. The third-order valence-corrected chi connectivity index (χ3v) is 2.78. The predicted octanol–water partition coefficient (Wildman–Crippen LogP) is 2.49. The molecule has 0 unspecified atom stereocenters. The Morgan fingerprint density at radius 3 is 2.53 bits per heavy atom. The van der Waals surface area contributed by atoms with E-state index in [2.05, 4.69) is 6.07 Å². The Labute approximate surface area is 94.0 Å². The highest BCUT2D eigenvalue weighted by atomic mass is 32.2. The van der Waals surface area contributed by atoms with Gasteiger partial charge in [-0.2, -0.15) is 5.26 Å². The van der Waals surface area contributed by atoms with Gasteiger partial charge in [-0.15, -0.1) is 11.8 Å². The first kappa shape index (κ1) is 11.7. The SMILES string of the molecule is COc1cc(CC#N)c(OC)c(SC)c1. The minimum atomic E-state index is 0.327. The zero-order valence-corrected chi connectivity index (χ0v) is 9.85. The standard InChI is InChI=1S/C11H13NO2S/c1-13-9-6-8(4-5-12)11(14-2)10(7-9)15-3/h6-7H,4H2,1-3H3. The Morgan fingerprint density at radius 2 is 2.07 bits per heavy atom. The van der Waals surface area contributed by atoms with E-state index in [0.717, 1.165) is 22.0 Å². The van der Waals surface area contributed by atoms with Crippen LogP contribution in [0.4, 0.5) is 0 Å². The molecule has 0 aromatic heterocycles. The van der Waals surface area contributed by atoms with Crippen LogP contribution < -0.4 is 9.47 Å². The molecule has 0 atom stereocenters. The molecule has 0 aliphatic heterocycles. The van der Waals surface area contributed by atoms with Crippen molar-refractivity contribution in [3.05, 3.63) is 17.7 Å². The molecule has 1 aromatic rings. The smallest absolute Gasteiger partial charge is 0.136 e. The van der Waals surface area contributed by atoms with Crippen molar-refractivity contribution in [3.8, 4) is 17.6 Å². The van der Waals surface area contributed by atoms with Crippen LogP contribution in [0.5, 0.6) is 11.5 Å². The average Bonchev–Trinajstić information content (AvgIpc) is 2.28. The molecule has 0 saturated carbocycles. The van der Waals surface area contributed by atoms with Gasteiger partial charge in [-0.1, -0.05) is 0 Å². The summed E-state index contributed by atoms with van der Waals surface area (Å²) in [4.78, 5) is 0.988. The molecule has 0 amide bonds. The van der Waals surface area contributed by atoms with Gasteiger partial charge >= 0.3 is 0 Å². The van der Waals surface area contributed by atoms with Crippen molar-refractivity contribution >= 4 is 11.8 Å². The summed E-state index contributed by atoms with van der Waals surface area (Å²) in [6, 6.07) is 5.86. The van der Waals surface area contributed by atoms with E-state index in [4.69, 9.17) is 14.7 Å². The summed E-state index contributed by atoms with van der Waals surface area (Å²) in [6.07, 6.45) is 2.29. The van der Waals surface area contributed by atoms with Crippen molar-refractivity contribution in [3.63, 3.8) is 0 Å². The Bertz CT molecular complexity index is 385. The van der Waals surface area contributed by atoms with Crippen LogP contribution in [0.2, 0.25) is 0 Å². The van der Waals surface area contributed by atoms with Crippen molar-refractivity contribution in [2.45, 2.75) is 11.3 Å². The van der Waals surface area contributed by atoms with Gasteiger partial charge in [0.25, 0.3) is 0 Å². The molecule has 80 valence electrons. The van der Waals surface area contributed by atoms with Crippen molar-refractivity contribution in [1.29, 1.82) is 5.26 Å². The van der Waals surface area contributed by atoms with E-state index >= 15 is 0 Å². The minimum absolute atomic E-state index is 0.327. The van der Waals surface area contributed by atoms with Crippen molar-refractivity contribution < 1.29 is 9.47 Å². The van der Waals surface area contributed by atoms with Gasteiger partial charge in [-0.05, 0) is 18.4 Å². The normalized spacial score (nSPS) is 9.47. The molecule has 15 heavy (non-hydrogen) atoms. The molecule has 1 rings (SSSR count). The summed E-state index contributed by atoms with van der Waals surface area (Å²) in [5, 5.41) is 8.71. The van der Waals surface area contributed by atoms with Gasteiger partial charge in [0.15, 0.2) is 0 Å². The van der Waals surface area contributed by atoms with Crippen molar-refractivity contribution in [2.24, 2.45) is 0 Å². The van der Waals surface area contributed by atoms with Crippen LogP contribution in [0.15, 0.2) is 17.0 Å². The lowest BCUT2D eigenvalue weighted by Crippen LogP contribution is -1.95. The first-order valence-electron chi connectivity index (χ1n) is 4.42. The molecule has 0 saturated heterocycles. The molecule has 3 nitrogen and oxygen atoms in total. The third-order valence-electron chi connectivity index (χ3n) is 2.03. The fourth-order valence-corrected chi connectivity index (χ4v) is 1.98. The van der Waals surface area contributed by atoms with Crippen LogP contribution in [0.1, 0.15) is 5.56 Å². The topological polar surface area (TPSA) is 42.2 Å². The second-order valence-corrected chi connectivity index (χ2v) is 3.70. The molecule has 0 spiro atoms. The van der Waals surface area contributed by atoms with Crippen LogP contribution in [0.3, 0.4) is 0 Å². The molecular formula is C11H13NO2S. The molecule has 0 aliphatic carbocycles. The lowest BCUT2D eigenvalue weighted by atomic mass is 10.1. The van der Waals surface area contributed by atoms with Gasteiger partial charge in [0.05, 0.1) is 31.6 Å². The highest BCUT2D eigenvalue weighted by Gasteiger charge is 2.11. The molecule has 0 heterocycles. The number of methoxy groups -OCH3 is 2. The van der Waals surface area contributed by atoms with E-state index < -0.39 is 0 Å². The maximum atomic E-state index is 8.71. The zero-order chi connectivity index (χ0) is 11.3. The number of thioether (sulfide) groups is 1. The highest BCUT2D eigenvalue weighted by Crippen LogP contribution is 2.35. The fourth-order valence-electron chi connectivity index (χ4n) is 1.35. The first-order chi connectivity index (χ1) is 7.26. The number of nitriles is 1. The molecule has 0 N–H and O–H groups in total. The lowest BCUT2D eigenvalue weighted by molar-refractivity contribution is 0.390. The van der Waals surface area contributed by atoms with Crippen LogP contribution >= 0.6 is 11.8 Å². The first-order valence-corrected chi connectivity index (χ1v) is 5.65. The monoisotopic (exact) mass is 223 g/mol. The quantitative estimate of drug-likeness (QED) is 0.735. The molecule has 0 radical (unpaired) electrons. The third kappa shape index (κ3) is 2.57. The van der Waals surface area contributed by atoms with Gasteiger partial charge in [0.2, 0.25) is 0 Å². The van der Waals surface area contributed by atoms with Crippen LogP contribution in [0, 0.1) is 11.3 Å². The van der Waals surface area contributed by atoms with Crippen LogP contribution in [-0.2, 0) is 6.42 Å². The maximum absolute atomic E-state index is 8.71. The Morgan fingerprint density at radius 1 is 1.33 bits per heavy atom. The second kappa shape index (κ2) is 5.52. The summed E-state index contributed by atoms with van der Waals surface area (Å²) in [5.41, 5.74) is 0.865. The number of hydrogen-bond donors (Lipinski definition) is 0. The van der Waals surface area contributed by atoms with Gasteiger partial charge < -0.3 is 9.47 Å².